The van der Waals surface area contributed by atoms with E-state index in [4.69, 9.17) is 0 Å². The van der Waals surface area contributed by atoms with Crippen LogP contribution in [0.2, 0.25) is 0 Å². The third-order valence-corrected chi connectivity index (χ3v) is 5.43. The van der Waals surface area contributed by atoms with Crippen LogP contribution in [0.4, 0.5) is 14.7 Å². The second kappa shape index (κ2) is 8.29. The number of sulfonamides is 1. The molecule has 0 aromatic carbocycles. The van der Waals surface area contributed by atoms with Crippen molar-refractivity contribution in [2.75, 3.05) is 24.2 Å². The average Bonchev–Trinajstić information content (AvgIpc) is 2.55. The summed E-state index contributed by atoms with van der Waals surface area (Å²) in [5, 5.41) is 3.03. The third kappa shape index (κ3) is 5.34. The summed E-state index contributed by atoms with van der Waals surface area (Å²) in [5.41, 5.74) is 0. The van der Waals surface area contributed by atoms with Crippen LogP contribution in [0.5, 0.6) is 5.75 Å². The number of carbonyl (C=O) groups excluding carboxylic acids is 1. The summed E-state index contributed by atoms with van der Waals surface area (Å²) in [4.78, 5) is 18.1. The Hall–Kier alpha value is -1.88. The first-order valence-electron chi connectivity index (χ1n) is 7.35. The van der Waals surface area contributed by atoms with Crippen molar-refractivity contribution in [3.63, 3.8) is 0 Å². The van der Waals surface area contributed by atoms with E-state index in [-0.39, 0.29) is 29.9 Å². The summed E-state index contributed by atoms with van der Waals surface area (Å²) in [6, 6.07) is -0.0237. The molecule has 0 aliphatic carbocycles. The van der Waals surface area contributed by atoms with Gasteiger partial charge in [0.2, 0.25) is 16.0 Å². The van der Waals surface area contributed by atoms with Crippen LogP contribution in [-0.2, 0) is 14.8 Å². The maximum absolute atomic E-state index is 12.0. The lowest BCUT2D eigenvalue weighted by atomic mass is 10.1. The molecule has 0 saturated carbocycles. The van der Waals surface area contributed by atoms with Gasteiger partial charge in [0, 0.05) is 25.6 Å². The van der Waals surface area contributed by atoms with Crippen molar-refractivity contribution in [3.8, 4) is 5.75 Å². The highest BCUT2D eigenvalue weighted by atomic mass is 32.2. The quantitative estimate of drug-likeness (QED) is 0.683. The molecule has 0 spiro atoms. The molecule has 134 valence electrons. The summed E-state index contributed by atoms with van der Waals surface area (Å²) in [5.74, 6) is -0.0472. The van der Waals surface area contributed by atoms with Crippen molar-refractivity contribution >= 4 is 22.3 Å². The lowest BCUT2D eigenvalue weighted by Crippen LogP contribution is -2.43. The van der Waals surface area contributed by atoms with Crippen LogP contribution in [0, 0.1) is 0 Å². The topological polar surface area (TPSA) is 101 Å². The molecule has 1 aromatic heterocycles. The Balaban J connectivity index is 1.83. The van der Waals surface area contributed by atoms with E-state index in [0.717, 1.165) is 12.4 Å². The van der Waals surface area contributed by atoms with E-state index in [0.29, 0.717) is 32.2 Å². The number of aldehydes is 1. The molecule has 1 aromatic rings. The van der Waals surface area contributed by atoms with Crippen molar-refractivity contribution in [2.24, 2.45) is 0 Å². The van der Waals surface area contributed by atoms with Gasteiger partial charge in [0.25, 0.3) is 0 Å². The zero-order chi connectivity index (χ0) is 17.6. The zero-order valence-electron chi connectivity index (χ0n) is 12.8. The van der Waals surface area contributed by atoms with Gasteiger partial charge in [-0.05, 0) is 12.8 Å². The van der Waals surface area contributed by atoms with Crippen molar-refractivity contribution < 1.29 is 26.7 Å². The second-order valence-electron chi connectivity index (χ2n) is 5.21. The monoisotopic (exact) mass is 364 g/mol. The molecular weight excluding hydrogens is 346 g/mol. The highest BCUT2D eigenvalue weighted by molar-refractivity contribution is 7.89. The van der Waals surface area contributed by atoms with Crippen LogP contribution in [-0.4, -0.2) is 60.5 Å². The van der Waals surface area contributed by atoms with E-state index in [1.165, 1.54) is 4.31 Å². The summed E-state index contributed by atoms with van der Waals surface area (Å²) < 4.78 is 53.6. The van der Waals surface area contributed by atoms with Crippen molar-refractivity contribution in [1.29, 1.82) is 0 Å². The summed E-state index contributed by atoms with van der Waals surface area (Å²) in [6.45, 7) is -2.26. The SMILES string of the molecule is O=CCCS(=O)(=O)N1CCC(Nc2ncc(OC(F)F)cn2)CC1. The van der Waals surface area contributed by atoms with E-state index in [1.54, 1.807) is 0 Å². The van der Waals surface area contributed by atoms with E-state index >= 15 is 0 Å². The summed E-state index contributed by atoms with van der Waals surface area (Å²) in [6.07, 6.45) is 3.96. The molecule has 1 fully saturated rings. The maximum atomic E-state index is 12.0. The van der Waals surface area contributed by atoms with Crippen LogP contribution in [0.1, 0.15) is 19.3 Å². The van der Waals surface area contributed by atoms with E-state index in [1.807, 2.05) is 0 Å². The number of rotatable bonds is 8. The van der Waals surface area contributed by atoms with Gasteiger partial charge in [-0.3, -0.25) is 0 Å². The van der Waals surface area contributed by atoms with Gasteiger partial charge in [0.15, 0.2) is 5.75 Å². The maximum Gasteiger partial charge on any atom is 0.387 e. The molecule has 1 saturated heterocycles. The number of piperidine rings is 1. The first-order chi connectivity index (χ1) is 11.4. The number of hydrogen-bond acceptors (Lipinski definition) is 7. The van der Waals surface area contributed by atoms with E-state index in [9.17, 15) is 22.0 Å². The Labute approximate surface area is 138 Å². The van der Waals surface area contributed by atoms with Crippen LogP contribution >= 0.6 is 0 Å². The van der Waals surface area contributed by atoms with Gasteiger partial charge in [0.05, 0.1) is 18.1 Å². The number of anilines is 1. The van der Waals surface area contributed by atoms with Gasteiger partial charge >= 0.3 is 6.61 Å². The Morgan fingerprint density at radius 1 is 1.33 bits per heavy atom. The van der Waals surface area contributed by atoms with Gasteiger partial charge in [0.1, 0.15) is 6.29 Å². The predicted molar refractivity (Wildman–Crippen MR) is 81.3 cm³/mol. The molecule has 0 amide bonds. The van der Waals surface area contributed by atoms with E-state index in [2.05, 4.69) is 20.0 Å². The van der Waals surface area contributed by atoms with Crippen LogP contribution in [0.3, 0.4) is 0 Å². The highest BCUT2D eigenvalue weighted by Crippen LogP contribution is 2.18. The Morgan fingerprint density at radius 2 is 1.96 bits per heavy atom. The molecule has 1 aliphatic rings. The third-order valence-electron chi connectivity index (χ3n) is 3.53. The van der Waals surface area contributed by atoms with Crippen LogP contribution in [0.15, 0.2) is 12.4 Å². The molecular formula is C13H18F2N4O4S. The molecule has 1 aliphatic heterocycles. The van der Waals surface area contributed by atoms with Gasteiger partial charge in [-0.1, -0.05) is 0 Å². The molecule has 8 nitrogen and oxygen atoms in total. The average molecular weight is 364 g/mol. The fourth-order valence-electron chi connectivity index (χ4n) is 2.34. The molecule has 1 N–H and O–H groups in total. The number of halogens is 2. The lowest BCUT2D eigenvalue weighted by molar-refractivity contribution is -0.107. The largest absolute Gasteiger partial charge is 0.432 e. The summed E-state index contributed by atoms with van der Waals surface area (Å²) >= 11 is 0. The van der Waals surface area contributed by atoms with Crippen molar-refractivity contribution in [3.05, 3.63) is 12.4 Å². The number of nitrogens with one attached hydrogen (secondary N) is 1. The number of carbonyl (C=O) groups is 1. The normalized spacial score (nSPS) is 17.0. The van der Waals surface area contributed by atoms with Gasteiger partial charge in [-0.2, -0.15) is 8.78 Å². The Morgan fingerprint density at radius 3 is 2.50 bits per heavy atom. The smallest absolute Gasteiger partial charge is 0.387 e. The van der Waals surface area contributed by atoms with Crippen molar-refractivity contribution in [1.82, 2.24) is 14.3 Å². The molecule has 2 rings (SSSR count). The minimum atomic E-state index is -3.40. The standard InChI is InChI=1S/C13H18F2N4O4S/c14-12(15)23-11-8-16-13(17-9-11)18-10-2-4-19(5-3-10)24(21,22)7-1-6-20/h6,8-10,12H,1-5,7H2,(H,16,17,18). The van der Waals surface area contributed by atoms with Crippen molar-refractivity contribution in [2.45, 2.75) is 31.9 Å². The lowest BCUT2D eigenvalue weighted by Gasteiger charge is -2.31. The van der Waals surface area contributed by atoms with Gasteiger partial charge in [-0.15, -0.1) is 0 Å². The number of alkyl halides is 2. The molecule has 0 bridgehead atoms. The number of aromatic nitrogens is 2. The minimum Gasteiger partial charge on any atom is -0.432 e. The molecule has 0 unspecified atom stereocenters. The fraction of sp³-hybridized carbons (Fsp3) is 0.615. The zero-order valence-corrected chi connectivity index (χ0v) is 13.6. The number of hydrogen-bond donors (Lipinski definition) is 1. The first-order valence-corrected chi connectivity index (χ1v) is 8.96. The molecule has 0 atom stereocenters. The summed E-state index contributed by atoms with van der Waals surface area (Å²) in [7, 11) is -3.40. The van der Waals surface area contributed by atoms with E-state index < -0.39 is 16.6 Å². The fourth-order valence-corrected chi connectivity index (χ4v) is 3.76. The Bertz CT molecular complexity index is 634. The minimum absolute atomic E-state index is 0.0125. The first kappa shape index (κ1) is 18.5. The highest BCUT2D eigenvalue weighted by Gasteiger charge is 2.27. The molecule has 24 heavy (non-hydrogen) atoms. The number of ether oxygens (including phenoxy) is 1. The predicted octanol–water partition coefficient (Wildman–Crippen LogP) is 0.873. The molecule has 11 heteroatoms. The number of nitrogens with zero attached hydrogens (tertiary/aromatic N) is 3. The van der Waals surface area contributed by atoms with Gasteiger partial charge < -0.3 is 14.8 Å². The molecule has 2 heterocycles. The van der Waals surface area contributed by atoms with Crippen LogP contribution < -0.4 is 10.1 Å². The van der Waals surface area contributed by atoms with Crippen LogP contribution in [0.25, 0.3) is 0 Å². The second-order valence-corrected chi connectivity index (χ2v) is 7.30. The Kier molecular flexibility index (Phi) is 6.37. The van der Waals surface area contributed by atoms with Gasteiger partial charge in [-0.25, -0.2) is 22.7 Å². The molecule has 0 radical (unpaired) electrons.